The van der Waals surface area contributed by atoms with Crippen molar-refractivity contribution in [3.63, 3.8) is 0 Å². The molecule has 0 radical (unpaired) electrons. The molecule has 648 valence electrons. The van der Waals surface area contributed by atoms with Crippen molar-refractivity contribution < 1.29 is 81.1 Å². The first kappa shape index (κ1) is 106. The number of nitrogens with zero attached hydrogens (tertiary/aromatic N) is 2. The number of unbranched alkanes of at least 4 members (excludes halogenated alkanes) is 25. The fourth-order valence-corrected chi connectivity index (χ4v) is 11.9. The highest BCUT2D eigenvalue weighted by atomic mass is 16.6. The van der Waals surface area contributed by atoms with E-state index in [4.69, 9.17) is 33.2 Å². The zero-order chi connectivity index (χ0) is 82.4. The quantitative estimate of drug-likeness (QED) is 0.0145. The van der Waals surface area contributed by atoms with Gasteiger partial charge in [0.1, 0.15) is 32.5 Å². The number of ether oxygens (including phenoxy) is 7. The van der Waals surface area contributed by atoms with Crippen molar-refractivity contribution in [2.24, 2.45) is 0 Å². The van der Waals surface area contributed by atoms with Gasteiger partial charge in [-0.25, -0.2) is 0 Å². The van der Waals surface area contributed by atoms with Crippen molar-refractivity contribution in [2.45, 2.75) is 329 Å². The van der Waals surface area contributed by atoms with Gasteiger partial charge < -0.3 is 64.2 Å². The molecule has 0 aliphatic carbocycles. The predicted octanol–water partition coefficient (Wildman–Crippen LogP) is 16.7. The molecule has 0 aromatic carbocycles. The van der Waals surface area contributed by atoms with Crippen LogP contribution in [-0.2, 0) is 81.1 Å². The van der Waals surface area contributed by atoms with Gasteiger partial charge in [0.2, 0.25) is 35.4 Å². The Labute approximate surface area is 682 Å². The van der Waals surface area contributed by atoms with E-state index in [9.17, 15) is 47.9 Å². The van der Waals surface area contributed by atoms with Gasteiger partial charge in [-0.15, -0.1) is 0 Å². The topological polar surface area (TPSA) is 290 Å². The van der Waals surface area contributed by atoms with Crippen LogP contribution in [0.5, 0.6) is 0 Å². The van der Waals surface area contributed by atoms with Crippen LogP contribution < -0.4 is 21.3 Å². The third-order valence-electron chi connectivity index (χ3n) is 18.8. The Morgan fingerprint density at radius 2 is 0.646 bits per heavy atom. The van der Waals surface area contributed by atoms with Gasteiger partial charge in [-0.2, -0.15) is 0 Å². The molecule has 6 amide bonds. The Kier molecular flexibility index (Phi) is 79.2. The van der Waals surface area contributed by atoms with Gasteiger partial charge in [-0.3, -0.25) is 47.9 Å². The Balaban J connectivity index is 5.57. The molecule has 23 heteroatoms. The number of hydrogen-bond acceptors (Lipinski definition) is 17. The van der Waals surface area contributed by atoms with Gasteiger partial charge in [0.05, 0.1) is 52.6 Å². The molecule has 4 N–H and O–H groups in total. The molecular formula is C90H156N6O17. The zero-order valence-corrected chi connectivity index (χ0v) is 71.0. The summed E-state index contributed by atoms with van der Waals surface area (Å²) in [5.41, 5.74) is 0. The number of nitrogens with one attached hydrogen (secondary N) is 4. The van der Waals surface area contributed by atoms with E-state index >= 15 is 0 Å². The summed E-state index contributed by atoms with van der Waals surface area (Å²) in [6.07, 6.45) is 64.7. The maximum absolute atomic E-state index is 13.7. The summed E-state index contributed by atoms with van der Waals surface area (Å²) in [7, 11) is 0. The summed E-state index contributed by atoms with van der Waals surface area (Å²) >= 11 is 0. The lowest BCUT2D eigenvalue weighted by Crippen LogP contribution is -2.47. The number of allylic oxidation sites excluding steroid dienone is 12. The number of esters is 3. The van der Waals surface area contributed by atoms with Crippen LogP contribution in [0.15, 0.2) is 72.9 Å². The van der Waals surface area contributed by atoms with Crippen molar-refractivity contribution in [2.75, 3.05) is 112 Å². The van der Waals surface area contributed by atoms with Crippen LogP contribution in [0.1, 0.15) is 323 Å². The van der Waals surface area contributed by atoms with E-state index < -0.39 is 23.8 Å². The Morgan fingerprint density at radius 3 is 1.04 bits per heavy atom. The van der Waals surface area contributed by atoms with Gasteiger partial charge >= 0.3 is 17.9 Å². The molecule has 0 fully saturated rings. The van der Waals surface area contributed by atoms with Gasteiger partial charge in [0.25, 0.3) is 6.47 Å². The first-order valence-corrected chi connectivity index (χ1v) is 44.1. The molecule has 0 saturated heterocycles. The van der Waals surface area contributed by atoms with Gasteiger partial charge in [-0.1, -0.05) is 197 Å². The monoisotopic (exact) mass is 1590 g/mol. The highest BCUT2D eigenvalue weighted by Crippen LogP contribution is 2.14. The van der Waals surface area contributed by atoms with Crippen molar-refractivity contribution >= 4 is 59.8 Å². The molecule has 0 heterocycles. The van der Waals surface area contributed by atoms with E-state index in [1.165, 1.54) is 67.6 Å². The average molecular weight is 1590 g/mol. The van der Waals surface area contributed by atoms with Gasteiger partial charge in [0.15, 0.2) is 0 Å². The van der Waals surface area contributed by atoms with E-state index in [-0.39, 0.29) is 159 Å². The Hall–Kier alpha value is -6.98. The maximum Gasteiger partial charge on any atom is 0.305 e. The smallest absolute Gasteiger partial charge is 0.305 e. The average Bonchev–Trinajstić information content (AvgIpc) is 0.916. The molecule has 113 heavy (non-hydrogen) atoms. The summed E-state index contributed by atoms with van der Waals surface area (Å²) in [5, 5.41) is 11.3. The summed E-state index contributed by atoms with van der Waals surface area (Å²) in [6, 6.07) is -0.992. The van der Waals surface area contributed by atoms with E-state index in [0.29, 0.717) is 97.6 Å². The molecule has 0 aromatic heterocycles. The minimum atomic E-state index is -0.992. The highest BCUT2D eigenvalue weighted by Gasteiger charge is 2.23. The van der Waals surface area contributed by atoms with Crippen molar-refractivity contribution in [3.05, 3.63) is 72.9 Å². The lowest BCUT2D eigenvalue weighted by Gasteiger charge is -2.23. The van der Waals surface area contributed by atoms with Crippen LogP contribution in [0.4, 0.5) is 0 Å². The van der Waals surface area contributed by atoms with Crippen molar-refractivity contribution in [3.8, 4) is 0 Å². The van der Waals surface area contributed by atoms with E-state index in [1.807, 2.05) is 0 Å². The lowest BCUT2D eigenvalue weighted by atomic mass is 10.1. The number of amides is 6. The molecule has 0 bridgehead atoms. The van der Waals surface area contributed by atoms with E-state index in [2.05, 4.69) is 115 Å². The maximum atomic E-state index is 13.7. The standard InChI is InChI=1S/C90H156N6O17/c1-5-9-12-15-18-21-24-27-30-33-36-39-42-45-48-56-87(103)111-73-67-95(66-72-110-80-97)86(102)62-60-84(100)94-81(90(106)93-65-54-71-108-77-79-109-78-76-107-70-53-64-91-82(98)8-4)55-51-52-63-92-83(99)59-61-85(101)96(68-74-112-88(104)57-49-46-43-40-37-34-31-28-25-22-19-16-13-10-6-2)69-75-113-89(105)58-50-47-44-41-38-35-32-29-26-23-20-17-14-11-7-3/h18-23,27-32,80-81H,5-17,24-26,33-79H2,1-4H3,(H,91,98)(H,92,99)(H,93,106)(H,94,100)/b21-18-,22-19-,23-20-,30-27-,31-28-,32-29-/t81-/m0/s1. The van der Waals surface area contributed by atoms with Crippen LogP contribution in [0.2, 0.25) is 0 Å². The van der Waals surface area contributed by atoms with Crippen LogP contribution in [-0.4, -0.2) is 188 Å². The Bertz CT molecular complexity index is 2490. The number of hydrogen-bond donors (Lipinski definition) is 4. The summed E-state index contributed by atoms with van der Waals surface area (Å²) < 4.78 is 38.3. The van der Waals surface area contributed by atoms with Gasteiger partial charge in [0, 0.05) is 84.2 Å². The van der Waals surface area contributed by atoms with Crippen LogP contribution in [0.25, 0.3) is 0 Å². The third-order valence-corrected chi connectivity index (χ3v) is 18.8. The molecule has 0 spiro atoms. The number of carbonyl (C=O) groups excluding carboxylic acids is 10. The fourth-order valence-electron chi connectivity index (χ4n) is 11.9. The molecule has 0 rings (SSSR count). The summed E-state index contributed by atoms with van der Waals surface area (Å²) in [4.78, 5) is 131. The molecule has 0 unspecified atom stereocenters. The second-order valence-corrected chi connectivity index (χ2v) is 28.8. The minimum absolute atomic E-state index is 0.00456. The van der Waals surface area contributed by atoms with Crippen LogP contribution in [0, 0.1) is 0 Å². The van der Waals surface area contributed by atoms with Crippen molar-refractivity contribution in [1.82, 2.24) is 31.1 Å². The number of carbonyl (C=O) groups is 10. The van der Waals surface area contributed by atoms with Crippen molar-refractivity contribution in [1.29, 1.82) is 0 Å². The molecule has 0 aliphatic rings. The SMILES string of the molecule is CCCCC/C=C\C/C=C\CCCCCCCC(=O)OCCN(CCOC=O)C(=O)CCC(=O)N[C@@H](CCCCNC(=O)CCC(=O)N(CCOC(=O)CCCCCCC/C=C\C/C=C\CCCCC)CCOC(=O)CCCCCCC/C=C\C/C=C\CCCCC)C(=O)NCCCOCCOCCOCCCNC(=O)CC. The normalized spacial score (nSPS) is 11.9. The van der Waals surface area contributed by atoms with E-state index in [1.54, 1.807) is 6.92 Å². The van der Waals surface area contributed by atoms with Crippen LogP contribution in [0.3, 0.4) is 0 Å². The lowest BCUT2D eigenvalue weighted by molar-refractivity contribution is -0.148. The summed E-state index contributed by atoms with van der Waals surface area (Å²) in [5.74, 6) is -3.22. The van der Waals surface area contributed by atoms with Crippen LogP contribution >= 0.6 is 0 Å². The molecule has 0 aromatic rings. The molecular weight excluding hydrogens is 1440 g/mol. The molecule has 23 nitrogen and oxygen atoms in total. The second kappa shape index (κ2) is 84.4. The first-order valence-electron chi connectivity index (χ1n) is 44.1. The number of rotatable bonds is 83. The molecule has 1 atom stereocenters. The first-order chi connectivity index (χ1) is 55.3. The zero-order valence-electron chi connectivity index (χ0n) is 71.0. The Morgan fingerprint density at radius 1 is 0.310 bits per heavy atom. The largest absolute Gasteiger partial charge is 0.466 e. The van der Waals surface area contributed by atoms with E-state index in [0.717, 1.165) is 135 Å². The second-order valence-electron chi connectivity index (χ2n) is 28.8. The molecule has 0 saturated carbocycles. The summed E-state index contributed by atoms with van der Waals surface area (Å²) in [6.45, 7) is 11.9. The third kappa shape index (κ3) is 76.1. The molecule has 0 aliphatic heterocycles. The predicted molar refractivity (Wildman–Crippen MR) is 451 cm³/mol. The minimum Gasteiger partial charge on any atom is -0.466 e. The highest BCUT2D eigenvalue weighted by molar-refractivity contribution is 5.89. The fraction of sp³-hybridized carbons (Fsp3) is 0.756. The van der Waals surface area contributed by atoms with Gasteiger partial charge in [-0.05, 0) is 148 Å².